The minimum atomic E-state index is 0. The Hall–Kier alpha value is -1.68. The Morgan fingerprint density at radius 2 is 1.94 bits per heavy atom. The first kappa shape index (κ1) is 14.4. The summed E-state index contributed by atoms with van der Waals surface area (Å²) < 4.78 is 2.09. The molecule has 0 aliphatic carbocycles. The second kappa shape index (κ2) is 5.78. The molecule has 0 radical (unpaired) electrons. The minimum Gasteiger partial charge on any atom is -1.00 e. The molecule has 4 nitrogen and oxygen atoms in total. The molecule has 5 heteroatoms. The van der Waals surface area contributed by atoms with E-state index in [-0.39, 0.29) is 12.4 Å². The summed E-state index contributed by atoms with van der Waals surface area (Å²) in [6.45, 7) is 6.74. The molecule has 0 fully saturated rings. The molecule has 0 unspecified atom stereocenters. The van der Waals surface area contributed by atoms with Gasteiger partial charge in [-0.1, -0.05) is 0 Å². The summed E-state index contributed by atoms with van der Waals surface area (Å²) in [5, 5.41) is 0. The smallest absolute Gasteiger partial charge is 0.178 e. The fraction of sp³-hybridized carbons (Fsp3) is 0.308. The number of halogens is 1. The Morgan fingerprint density at radius 1 is 1.22 bits per heavy atom. The van der Waals surface area contributed by atoms with E-state index in [9.17, 15) is 0 Å². The van der Waals surface area contributed by atoms with E-state index in [0.717, 1.165) is 5.56 Å². The lowest BCUT2D eigenvalue weighted by atomic mass is 10.2. The molecular weight excluding hydrogens is 248 g/mol. The zero-order chi connectivity index (χ0) is 12.4. The van der Waals surface area contributed by atoms with Crippen LogP contribution in [0.5, 0.6) is 0 Å². The highest BCUT2D eigenvalue weighted by Gasteiger charge is 2.09. The number of hydrogen-bond donors (Lipinski definition) is 1. The maximum absolute atomic E-state index is 5.87. The zero-order valence-corrected chi connectivity index (χ0v) is 11.6. The molecule has 0 saturated carbocycles. The van der Waals surface area contributed by atoms with Gasteiger partial charge in [-0.15, -0.1) is 0 Å². The van der Waals surface area contributed by atoms with Gasteiger partial charge in [0.25, 0.3) is 0 Å². The molecule has 0 amide bonds. The molecule has 0 aliphatic rings. The van der Waals surface area contributed by atoms with Crippen LogP contribution in [0, 0.1) is 20.8 Å². The van der Waals surface area contributed by atoms with Crippen molar-refractivity contribution in [2.75, 3.05) is 5.73 Å². The van der Waals surface area contributed by atoms with Crippen LogP contribution in [0.3, 0.4) is 0 Å². The second-order valence-electron chi connectivity index (χ2n) is 4.31. The Balaban J connectivity index is 0.00000162. The van der Waals surface area contributed by atoms with Gasteiger partial charge >= 0.3 is 0 Å². The van der Waals surface area contributed by atoms with Crippen LogP contribution in [0.2, 0.25) is 0 Å². The molecular formula is C13H17ClN4. The summed E-state index contributed by atoms with van der Waals surface area (Å²) in [7, 11) is 0. The highest BCUT2D eigenvalue weighted by atomic mass is 35.5. The lowest BCUT2D eigenvalue weighted by Crippen LogP contribution is -3.00. The van der Waals surface area contributed by atoms with Crippen LogP contribution in [0.1, 0.15) is 22.5 Å². The van der Waals surface area contributed by atoms with Gasteiger partial charge in [0.15, 0.2) is 18.9 Å². The first-order chi connectivity index (χ1) is 8.06. The van der Waals surface area contributed by atoms with E-state index >= 15 is 0 Å². The van der Waals surface area contributed by atoms with Crippen molar-refractivity contribution in [2.24, 2.45) is 0 Å². The van der Waals surface area contributed by atoms with Crippen molar-refractivity contribution in [2.45, 2.75) is 27.3 Å². The lowest BCUT2D eigenvalue weighted by molar-refractivity contribution is -0.688. The fourth-order valence-corrected chi connectivity index (χ4v) is 1.66. The standard InChI is InChI=1S/C13H17N4.ClH/c1-9-4-5-17(7-10(9)2)8-12-6-15-11(3)16-13(12)14;/h4-7H,8H2,1-3H3,(H2,14,15,16);1H/q+1;/p-1. The number of aromatic nitrogens is 3. The van der Waals surface area contributed by atoms with Crippen LogP contribution in [-0.4, -0.2) is 9.97 Å². The number of rotatable bonds is 2. The van der Waals surface area contributed by atoms with E-state index in [0.29, 0.717) is 18.2 Å². The number of anilines is 1. The third-order valence-electron chi connectivity index (χ3n) is 2.87. The van der Waals surface area contributed by atoms with E-state index in [2.05, 4.69) is 40.6 Å². The van der Waals surface area contributed by atoms with Gasteiger partial charge in [-0.2, -0.15) is 0 Å². The molecule has 2 heterocycles. The summed E-state index contributed by atoms with van der Waals surface area (Å²) in [5.41, 5.74) is 9.37. The maximum atomic E-state index is 5.87. The third kappa shape index (κ3) is 3.17. The average molecular weight is 265 g/mol. The molecule has 2 aromatic rings. The van der Waals surface area contributed by atoms with Crippen LogP contribution in [0.15, 0.2) is 24.7 Å². The molecule has 0 spiro atoms. The Kier molecular flexibility index (Phi) is 4.62. The number of nitrogen functional groups attached to an aromatic ring is 1. The van der Waals surface area contributed by atoms with Gasteiger partial charge in [-0.05, 0) is 26.3 Å². The highest BCUT2D eigenvalue weighted by Crippen LogP contribution is 2.07. The maximum Gasteiger partial charge on any atom is 0.178 e. The van der Waals surface area contributed by atoms with Gasteiger partial charge < -0.3 is 18.1 Å². The Bertz CT molecular complexity index is 555. The molecule has 2 aromatic heterocycles. The molecule has 2 N–H and O–H groups in total. The molecule has 0 saturated heterocycles. The molecule has 96 valence electrons. The van der Waals surface area contributed by atoms with Crippen molar-refractivity contribution in [1.29, 1.82) is 0 Å². The number of aryl methyl sites for hydroxylation is 3. The van der Waals surface area contributed by atoms with Gasteiger partial charge in [0.05, 0.1) is 5.56 Å². The number of nitrogens with two attached hydrogens (primary N) is 1. The van der Waals surface area contributed by atoms with Crippen molar-refractivity contribution >= 4 is 5.82 Å². The van der Waals surface area contributed by atoms with Gasteiger partial charge in [0, 0.05) is 17.8 Å². The zero-order valence-electron chi connectivity index (χ0n) is 10.8. The van der Waals surface area contributed by atoms with E-state index in [1.165, 1.54) is 11.1 Å². The van der Waals surface area contributed by atoms with Gasteiger partial charge in [0.2, 0.25) is 0 Å². The van der Waals surface area contributed by atoms with Crippen molar-refractivity contribution in [3.63, 3.8) is 0 Å². The summed E-state index contributed by atoms with van der Waals surface area (Å²) in [4.78, 5) is 8.33. The topological polar surface area (TPSA) is 55.7 Å². The fourth-order valence-electron chi connectivity index (χ4n) is 1.66. The number of nitrogens with zero attached hydrogens (tertiary/aromatic N) is 3. The first-order valence-corrected chi connectivity index (χ1v) is 5.60. The molecule has 2 rings (SSSR count). The van der Waals surface area contributed by atoms with Crippen LogP contribution >= 0.6 is 0 Å². The predicted octanol–water partition coefficient (Wildman–Crippen LogP) is -1.68. The highest BCUT2D eigenvalue weighted by molar-refractivity contribution is 5.36. The minimum absolute atomic E-state index is 0. The Morgan fingerprint density at radius 3 is 2.56 bits per heavy atom. The average Bonchev–Trinajstić information content (AvgIpc) is 2.27. The van der Waals surface area contributed by atoms with Gasteiger partial charge in [-0.3, -0.25) is 0 Å². The largest absolute Gasteiger partial charge is 1.00 e. The van der Waals surface area contributed by atoms with Crippen molar-refractivity contribution in [1.82, 2.24) is 9.97 Å². The number of pyridine rings is 1. The third-order valence-corrected chi connectivity index (χ3v) is 2.87. The molecule has 0 atom stereocenters. The summed E-state index contributed by atoms with van der Waals surface area (Å²) >= 11 is 0. The van der Waals surface area contributed by atoms with Crippen molar-refractivity contribution in [3.8, 4) is 0 Å². The van der Waals surface area contributed by atoms with Gasteiger partial charge in [0.1, 0.15) is 11.6 Å². The molecule has 0 aliphatic heterocycles. The molecule has 0 bridgehead atoms. The van der Waals surface area contributed by atoms with Crippen molar-refractivity contribution in [3.05, 3.63) is 47.2 Å². The number of hydrogen-bond acceptors (Lipinski definition) is 3. The van der Waals surface area contributed by atoms with Crippen LogP contribution in [0.4, 0.5) is 5.82 Å². The van der Waals surface area contributed by atoms with E-state index in [1.54, 1.807) is 6.20 Å². The predicted molar refractivity (Wildman–Crippen MR) is 66.4 cm³/mol. The quantitative estimate of drug-likeness (QED) is 0.660. The van der Waals surface area contributed by atoms with Crippen LogP contribution in [0.25, 0.3) is 0 Å². The summed E-state index contributed by atoms with van der Waals surface area (Å²) in [6.07, 6.45) is 5.94. The monoisotopic (exact) mass is 264 g/mol. The van der Waals surface area contributed by atoms with E-state index in [1.807, 2.05) is 13.1 Å². The van der Waals surface area contributed by atoms with Crippen LogP contribution < -0.4 is 22.7 Å². The van der Waals surface area contributed by atoms with Crippen molar-refractivity contribution < 1.29 is 17.0 Å². The van der Waals surface area contributed by atoms with E-state index < -0.39 is 0 Å². The van der Waals surface area contributed by atoms with E-state index in [4.69, 9.17) is 5.73 Å². The SMILES string of the molecule is Cc1ncc(C[n+]2ccc(C)c(C)c2)c(N)n1.[Cl-]. The van der Waals surface area contributed by atoms with Crippen LogP contribution in [-0.2, 0) is 6.54 Å². The Labute approximate surface area is 113 Å². The van der Waals surface area contributed by atoms with Gasteiger partial charge in [-0.25, -0.2) is 14.5 Å². The normalized spacial score (nSPS) is 9.94. The molecule has 18 heavy (non-hydrogen) atoms. The summed E-state index contributed by atoms with van der Waals surface area (Å²) in [6, 6.07) is 2.10. The lowest BCUT2D eigenvalue weighted by Gasteiger charge is -2.03. The summed E-state index contributed by atoms with van der Waals surface area (Å²) in [5.74, 6) is 1.26. The molecule has 0 aromatic carbocycles. The second-order valence-corrected chi connectivity index (χ2v) is 4.31. The first-order valence-electron chi connectivity index (χ1n) is 5.60.